The molecule has 0 radical (unpaired) electrons. The van der Waals surface area contributed by atoms with Crippen LogP contribution in [-0.2, 0) is 0 Å². The highest BCUT2D eigenvalue weighted by Crippen LogP contribution is 2.36. The fraction of sp³-hybridized carbons (Fsp3) is 0.600. The fourth-order valence-corrected chi connectivity index (χ4v) is 2.11. The first-order chi connectivity index (χ1) is 7.20. The van der Waals surface area contributed by atoms with Crippen LogP contribution < -0.4 is 5.32 Å². The third kappa shape index (κ3) is 2.82. The normalized spacial score (nSPS) is 17.5. The predicted octanol–water partition coefficient (Wildman–Crippen LogP) is 3.49. The summed E-state index contributed by atoms with van der Waals surface area (Å²) < 4.78 is 0.867. The predicted molar refractivity (Wildman–Crippen MR) is 65.2 cm³/mol. The van der Waals surface area contributed by atoms with Crippen LogP contribution in [0.25, 0.3) is 0 Å². The maximum Gasteiger partial charge on any atom is 0.224 e. The van der Waals surface area contributed by atoms with E-state index in [1.54, 1.807) is 6.20 Å². The van der Waals surface area contributed by atoms with Crippen LogP contribution in [0.1, 0.15) is 26.2 Å². The van der Waals surface area contributed by atoms with Crippen molar-refractivity contribution in [1.82, 2.24) is 9.97 Å². The maximum absolute atomic E-state index is 5.76. The van der Waals surface area contributed by atoms with Crippen molar-refractivity contribution in [2.45, 2.75) is 32.2 Å². The van der Waals surface area contributed by atoms with Crippen LogP contribution in [0, 0.1) is 5.92 Å². The summed E-state index contributed by atoms with van der Waals surface area (Å²) in [6.07, 6.45) is 5.43. The molecule has 82 valence electrons. The van der Waals surface area contributed by atoms with Gasteiger partial charge < -0.3 is 5.32 Å². The highest BCUT2D eigenvalue weighted by atomic mass is 79.9. The Bertz CT molecular complexity index is 355. The molecule has 1 aliphatic rings. The van der Waals surface area contributed by atoms with Gasteiger partial charge in [-0.25, -0.2) is 4.98 Å². The van der Waals surface area contributed by atoms with Crippen LogP contribution in [0.4, 0.5) is 5.82 Å². The molecule has 5 heteroatoms. The Balaban J connectivity index is 2.11. The zero-order valence-electron chi connectivity index (χ0n) is 8.50. The summed E-state index contributed by atoms with van der Waals surface area (Å²) >= 11 is 9.17. The third-order valence-electron chi connectivity index (χ3n) is 2.67. The Labute approximate surface area is 103 Å². The number of hydrogen-bond acceptors (Lipinski definition) is 3. The molecule has 3 nitrogen and oxygen atoms in total. The van der Waals surface area contributed by atoms with Gasteiger partial charge in [-0.3, -0.25) is 0 Å². The number of nitrogens with zero attached hydrogens (tertiary/aromatic N) is 2. The van der Waals surface area contributed by atoms with E-state index in [9.17, 15) is 0 Å². The minimum absolute atomic E-state index is 0.284. The topological polar surface area (TPSA) is 37.8 Å². The van der Waals surface area contributed by atoms with E-state index in [0.29, 0.717) is 6.04 Å². The molecule has 1 atom stereocenters. The van der Waals surface area contributed by atoms with Crippen molar-refractivity contribution in [3.8, 4) is 0 Å². The monoisotopic (exact) mass is 289 g/mol. The second kappa shape index (κ2) is 4.66. The largest absolute Gasteiger partial charge is 0.366 e. The van der Waals surface area contributed by atoms with Crippen LogP contribution in [0.15, 0.2) is 10.7 Å². The molecule has 1 aromatic rings. The van der Waals surface area contributed by atoms with Gasteiger partial charge in [0.05, 0.1) is 4.47 Å². The third-order valence-corrected chi connectivity index (χ3v) is 3.43. The van der Waals surface area contributed by atoms with Gasteiger partial charge in [0.15, 0.2) is 0 Å². The molecule has 1 unspecified atom stereocenters. The zero-order chi connectivity index (χ0) is 10.8. The van der Waals surface area contributed by atoms with Crippen molar-refractivity contribution in [3.63, 3.8) is 0 Å². The summed E-state index contributed by atoms with van der Waals surface area (Å²) in [5.41, 5.74) is 0. The molecule has 1 heterocycles. The Morgan fingerprint density at radius 1 is 1.67 bits per heavy atom. The minimum atomic E-state index is 0.284. The first kappa shape index (κ1) is 11.1. The van der Waals surface area contributed by atoms with E-state index in [0.717, 1.165) is 22.6 Å². The minimum Gasteiger partial charge on any atom is -0.366 e. The van der Waals surface area contributed by atoms with E-state index in [2.05, 4.69) is 38.1 Å². The molecule has 0 aromatic carbocycles. The number of anilines is 1. The van der Waals surface area contributed by atoms with E-state index >= 15 is 0 Å². The second-order valence-electron chi connectivity index (χ2n) is 3.83. The van der Waals surface area contributed by atoms with Crippen molar-refractivity contribution in [1.29, 1.82) is 0 Å². The van der Waals surface area contributed by atoms with Crippen LogP contribution in [0.5, 0.6) is 0 Å². The van der Waals surface area contributed by atoms with Crippen LogP contribution in [0.3, 0.4) is 0 Å². The quantitative estimate of drug-likeness (QED) is 0.863. The van der Waals surface area contributed by atoms with E-state index in [-0.39, 0.29) is 5.28 Å². The molecule has 1 N–H and O–H groups in total. The van der Waals surface area contributed by atoms with E-state index in [4.69, 9.17) is 11.6 Å². The van der Waals surface area contributed by atoms with Gasteiger partial charge in [0, 0.05) is 12.2 Å². The molecule has 1 fully saturated rings. The molecule has 0 saturated heterocycles. The van der Waals surface area contributed by atoms with E-state index in [1.807, 2.05) is 0 Å². The Hall–Kier alpha value is -0.350. The van der Waals surface area contributed by atoms with Gasteiger partial charge in [0.2, 0.25) is 5.28 Å². The van der Waals surface area contributed by atoms with Crippen molar-refractivity contribution >= 4 is 33.3 Å². The first-order valence-corrected chi connectivity index (χ1v) is 6.32. The smallest absolute Gasteiger partial charge is 0.224 e. The van der Waals surface area contributed by atoms with Gasteiger partial charge in [-0.2, -0.15) is 4.98 Å². The Morgan fingerprint density at radius 3 is 3.00 bits per heavy atom. The van der Waals surface area contributed by atoms with Crippen molar-refractivity contribution in [3.05, 3.63) is 16.0 Å². The second-order valence-corrected chi connectivity index (χ2v) is 5.02. The zero-order valence-corrected chi connectivity index (χ0v) is 10.8. The SMILES string of the molecule is CCC(Nc1nc(Cl)ncc1Br)C1CC1. The lowest BCUT2D eigenvalue weighted by Crippen LogP contribution is -2.21. The average Bonchev–Trinajstić information content (AvgIpc) is 3.03. The lowest BCUT2D eigenvalue weighted by Gasteiger charge is -2.17. The molecule has 0 aliphatic heterocycles. The van der Waals surface area contributed by atoms with Gasteiger partial charge in [0.25, 0.3) is 0 Å². The van der Waals surface area contributed by atoms with E-state index in [1.165, 1.54) is 12.8 Å². The number of rotatable bonds is 4. The Kier molecular flexibility index (Phi) is 3.46. The summed E-state index contributed by atoms with van der Waals surface area (Å²) in [5, 5.41) is 3.70. The molecule has 15 heavy (non-hydrogen) atoms. The highest BCUT2D eigenvalue weighted by molar-refractivity contribution is 9.10. The number of nitrogens with one attached hydrogen (secondary N) is 1. The van der Waals surface area contributed by atoms with Crippen molar-refractivity contribution < 1.29 is 0 Å². The van der Waals surface area contributed by atoms with Gasteiger partial charge in [0.1, 0.15) is 5.82 Å². The van der Waals surface area contributed by atoms with Crippen molar-refractivity contribution in [2.24, 2.45) is 5.92 Å². The van der Waals surface area contributed by atoms with Crippen LogP contribution >= 0.6 is 27.5 Å². The molecule has 0 amide bonds. The molecular weight excluding hydrogens is 277 g/mol. The summed E-state index contributed by atoms with van der Waals surface area (Å²) in [7, 11) is 0. The summed E-state index contributed by atoms with van der Waals surface area (Å²) in [4.78, 5) is 8.07. The van der Waals surface area contributed by atoms with Crippen LogP contribution in [0.2, 0.25) is 5.28 Å². The van der Waals surface area contributed by atoms with Crippen molar-refractivity contribution in [2.75, 3.05) is 5.32 Å². The summed E-state index contributed by atoms with van der Waals surface area (Å²) in [5.74, 6) is 1.60. The average molecular weight is 291 g/mol. The number of hydrogen-bond donors (Lipinski definition) is 1. The number of aromatic nitrogens is 2. The van der Waals surface area contributed by atoms with E-state index < -0.39 is 0 Å². The highest BCUT2D eigenvalue weighted by Gasteiger charge is 2.30. The molecule has 1 aromatic heterocycles. The van der Waals surface area contributed by atoms with Gasteiger partial charge in [-0.1, -0.05) is 6.92 Å². The molecular formula is C10H13BrClN3. The maximum atomic E-state index is 5.76. The number of halogens is 2. The molecule has 1 aliphatic carbocycles. The fourth-order valence-electron chi connectivity index (χ4n) is 1.67. The first-order valence-electron chi connectivity index (χ1n) is 5.15. The Morgan fingerprint density at radius 2 is 2.40 bits per heavy atom. The molecule has 0 spiro atoms. The standard InChI is InChI=1S/C10H13BrClN3/c1-2-8(6-3-4-6)14-9-7(11)5-13-10(12)15-9/h5-6,8H,2-4H2,1H3,(H,13,14,15). The lowest BCUT2D eigenvalue weighted by molar-refractivity contribution is 0.613. The molecule has 1 saturated carbocycles. The van der Waals surface area contributed by atoms with Crippen LogP contribution in [-0.4, -0.2) is 16.0 Å². The molecule has 2 rings (SSSR count). The summed E-state index contributed by atoms with van der Waals surface area (Å²) in [6.45, 7) is 2.19. The molecule has 0 bridgehead atoms. The summed E-state index contributed by atoms with van der Waals surface area (Å²) in [6, 6.07) is 0.507. The lowest BCUT2D eigenvalue weighted by atomic mass is 10.1. The van der Waals surface area contributed by atoms with Gasteiger partial charge >= 0.3 is 0 Å². The van der Waals surface area contributed by atoms with Gasteiger partial charge in [-0.05, 0) is 52.7 Å². The van der Waals surface area contributed by atoms with Gasteiger partial charge in [-0.15, -0.1) is 0 Å².